The van der Waals surface area contributed by atoms with Crippen molar-refractivity contribution in [1.29, 1.82) is 0 Å². The number of aromatic nitrogens is 1. The molecule has 0 aliphatic heterocycles. The Balaban J connectivity index is 1.21. The van der Waals surface area contributed by atoms with E-state index in [1.54, 1.807) is 7.11 Å². The summed E-state index contributed by atoms with van der Waals surface area (Å²) in [5, 5.41) is 0. The molecule has 228 valence electrons. The lowest BCUT2D eigenvalue weighted by molar-refractivity contribution is -0.152. The number of fused-ring (bicyclic) bond motifs is 1. The Morgan fingerprint density at radius 2 is 1.59 bits per heavy atom. The Hall–Kier alpha value is -4.98. The van der Waals surface area contributed by atoms with Crippen LogP contribution in [-0.4, -0.2) is 43.9 Å². The Bertz CT molecular complexity index is 1570. The van der Waals surface area contributed by atoms with Gasteiger partial charge in [0.15, 0.2) is 11.7 Å². The summed E-state index contributed by atoms with van der Waals surface area (Å²) in [4.78, 5) is 19.6. The van der Waals surface area contributed by atoms with E-state index >= 15 is 0 Å². The second kappa shape index (κ2) is 15.5. The molecule has 1 atom stereocenters. The molecule has 0 aliphatic rings. The molecule has 1 heterocycles. The van der Waals surface area contributed by atoms with Crippen molar-refractivity contribution >= 4 is 23.1 Å². The normalized spacial score (nSPS) is 11.6. The second-order valence-electron chi connectivity index (χ2n) is 10.3. The number of ether oxygens (including phenoxy) is 4. The van der Waals surface area contributed by atoms with Crippen molar-refractivity contribution in [3.05, 3.63) is 114 Å². The van der Waals surface area contributed by atoms with Crippen LogP contribution < -0.4 is 19.1 Å². The molecule has 8 heteroatoms. The number of rotatable bonds is 16. The fourth-order valence-corrected chi connectivity index (χ4v) is 4.76. The third-order valence-electron chi connectivity index (χ3n) is 7.12. The number of carbonyl (C=O) groups is 1. The summed E-state index contributed by atoms with van der Waals surface area (Å²) in [6, 6.07) is 33.5. The molecule has 0 amide bonds. The summed E-state index contributed by atoms with van der Waals surface area (Å²) in [5.74, 6) is 1.82. The van der Waals surface area contributed by atoms with Gasteiger partial charge < -0.3 is 28.3 Å². The average Bonchev–Trinajstić information content (AvgIpc) is 3.50. The standard InChI is InChI=1S/C36H38N2O6/c1-3-33(35(39)42-24-21-27-11-5-4-6-12-27)43-31-14-9-13-28(25-31)26-38(36-37-32-15-7-8-16-34(32)44-36)22-10-23-41-30-19-17-29(40-2)18-20-30/h4-9,11-20,25,33H,3,10,21-24,26H2,1-2H3/t33-/m1/s1. The topological polar surface area (TPSA) is 83.3 Å². The highest BCUT2D eigenvalue weighted by molar-refractivity contribution is 5.75. The highest BCUT2D eigenvalue weighted by atomic mass is 16.6. The van der Waals surface area contributed by atoms with Crippen LogP contribution in [0.3, 0.4) is 0 Å². The number of esters is 1. The summed E-state index contributed by atoms with van der Waals surface area (Å²) < 4.78 is 28.9. The van der Waals surface area contributed by atoms with Crippen molar-refractivity contribution in [3.63, 3.8) is 0 Å². The van der Waals surface area contributed by atoms with Gasteiger partial charge in [0.05, 0.1) is 20.3 Å². The van der Waals surface area contributed by atoms with Crippen molar-refractivity contribution in [2.45, 2.75) is 38.8 Å². The molecule has 0 radical (unpaired) electrons. The Morgan fingerprint density at radius 1 is 0.841 bits per heavy atom. The zero-order chi connectivity index (χ0) is 30.6. The summed E-state index contributed by atoms with van der Waals surface area (Å²) >= 11 is 0. The van der Waals surface area contributed by atoms with E-state index in [1.165, 1.54) is 0 Å². The monoisotopic (exact) mass is 594 g/mol. The maximum Gasteiger partial charge on any atom is 0.347 e. The van der Waals surface area contributed by atoms with Crippen molar-refractivity contribution < 1.29 is 28.2 Å². The third kappa shape index (κ3) is 8.53. The third-order valence-corrected chi connectivity index (χ3v) is 7.12. The fourth-order valence-electron chi connectivity index (χ4n) is 4.76. The van der Waals surface area contributed by atoms with Gasteiger partial charge in [-0.25, -0.2) is 4.79 Å². The lowest BCUT2D eigenvalue weighted by Gasteiger charge is -2.22. The average molecular weight is 595 g/mol. The Morgan fingerprint density at radius 3 is 2.36 bits per heavy atom. The van der Waals surface area contributed by atoms with Crippen LogP contribution in [0, 0.1) is 0 Å². The Kier molecular flexibility index (Phi) is 10.7. The number of nitrogens with zero attached hydrogens (tertiary/aromatic N) is 2. The van der Waals surface area contributed by atoms with E-state index in [4.69, 9.17) is 28.3 Å². The summed E-state index contributed by atoms with van der Waals surface area (Å²) in [7, 11) is 1.64. The van der Waals surface area contributed by atoms with Gasteiger partial charge in [0.25, 0.3) is 6.01 Å². The molecule has 0 bridgehead atoms. The van der Waals surface area contributed by atoms with Gasteiger partial charge in [0, 0.05) is 19.5 Å². The fraction of sp³-hybridized carbons (Fsp3) is 0.278. The smallest absolute Gasteiger partial charge is 0.347 e. The zero-order valence-electron chi connectivity index (χ0n) is 25.2. The van der Waals surface area contributed by atoms with Gasteiger partial charge in [0.1, 0.15) is 22.8 Å². The van der Waals surface area contributed by atoms with Crippen molar-refractivity contribution in [1.82, 2.24) is 4.98 Å². The molecule has 0 spiro atoms. The highest BCUT2D eigenvalue weighted by Gasteiger charge is 2.21. The molecule has 5 aromatic rings. The molecular formula is C36H38N2O6. The van der Waals surface area contributed by atoms with E-state index < -0.39 is 6.10 Å². The molecule has 0 unspecified atom stereocenters. The highest BCUT2D eigenvalue weighted by Crippen LogP contribution is 2.25. The minimum absolute atomic E-state index is 0.310. The number of hydrogen-bond acceptors (Lipinski definition) is 8. The molecule has 0 saturated heterocycles. The van der Waals surface area contributed by atoms with Crippen LogP contribution in [0.4, 0.5) is 6.01 Å². The van der Waals surface area contributed by atoms with Crippen LogP contribution in [0.15, 0.2) is 108 Å². The maximum absolute atomic E-state index is 12.8. The number of benzene rings is 4. The van der Waals surface area contributed by atoms with E-state index in [1.807, 2.05) is 110 Å². The van der Waals surface area contributed by atoms with Gasteiger partial charge in [-0.15, -0.1) is 0 Å². The first kappa shape index (κ1) is 30.5. The van der Waals surface area contributed by atoms with Crippen molar-refractivity contribution in [2.24, 2.45) is 0 Å². The SMILES string of the molecule is CC[C@@H](Oc1cccc(CN(CCCOc2ccc(OC)cc2)c2nc3ccccc3o2)c1)C(=O)OCCc1ccccc1. The van der Waals surface area contributed by atoms with E-state index in [9.17, 15) is 4.79 Å². The van der Waals surface area contributed by atoms with Crippen LogP contribution in [0.25, 0.3) is 11.1 Å². The molecule has 0 saturated carbocycles. The Labute approximate surface area is 258 Å². The number of para-hydroxylation sites is 2. The van der Waals surface area contributed by atoms with Gasteiger partial charge in [-0.3, -0.25) is 0 Å². The van der Waals surface area contributed by atoms with Gasteiger partial charge in [-0.1, -0.05) is 61.5 Å². The largest absolute Gasteiger partial charge is 0.497 e. The molecule has 44 heavy (non-hydrogen) atoms. The number of carbonyl (C=O) groups excluding carboxylic acids is 1. The molecule has 0 fully saturated rings. The second-order valence-corrected chi connectivity index (χ2v) is 10.3. The summed E-state index contributed by atoms with van der Waals surface area (Å²) in [6.07, 6.45) is 1.21. The van der Waals surface area contributed by atoms with E-state index in [-0.39, 0.29) is 5.97 Å². The first-order chi connectivity index (χ1) is 21.6. The number of oxazole rings is 1. The van der Waals surface area contributed by atoms with Gasteiger partial charge in [-0.2, -0.15) is 4.98 Å². The van der Waals surface area contributed by atoms with Crippen molar-refractivity contribution in [3.8, 4) is 17.2 Å². The minimum atomic E-state index is -0.690. The van der Waals surface area contributed by atoms with E-state index in [2.05, 4.69) is 4.90 Å². The molecule has 8 nitrogen and oxygen atoms in total. The quantitative estimate of drug-likeness (QED) is 0.0872. The molecule has 5 rings (SSSR count). The minimum Gasteiger partial charge on any atom is -0.497 e. The van der Waals surface area contributed by atoms with E-state index in [0.717, 1.165) is 40.1 Å². The van der Waals surface area contributed by atoms with Gasteiger partial charge in [-0.05, 0) is 72.5 Å². The summed E-state index contributed by atoms with van der Waals surface area (Å²) in [5.41, 5.74) is 3.65. The molecule has 4 aromatic carbocycles. The maximum atomic E-state index is 12.8. The predicted octanol–water partition coefficient (Wildman–Crippen LogP) is 7.26. The molecule has 0 aliphatic carbocycles. The molecular weight excluding hydrogens is 556 g/mol. The van der Waals surface area contributed by atoms with Crippen LogP contribution in [-0.2, 0) is 22.5 Å². The zero-order valence-corrected chi connectivity index (χ0v) is 25.2. The number of anilines is 1. The number of hydrogen-bond donors (Lipinski definition) is 0. The van der Waals surface area contributed by atoms with Crippen LogP contribution in [0.1, 0.15) is 30.9 Å². The van der Waals surface area contributed by atoms with E-state index in [0.29, 0.717) is 50.9 Å². The molecule has 1 aromatic heterocycles. The molecule has 0 N–H and O–H groups in total. The van der Waals surface area contributed by atoms with Crippen LogP contribution in [0.5, 0.6) is 17.2 Å². The van der Waals surface area contributed by atoms with Crippen LogP contribution in [0.2, 0.25) is 0 Å². The predicted molar refractivity (Wildman–Crippen MR) is 170 cm³/mol. The van der Waals surface area contributed by atoms with Crippen molar-refractivity contribution in [2.75, 3.05) is 31.8 Å². The summed E-state index contributed by atoms with van der Waals surface area (Å²) in [6.45, 7) is 3.93. The van der Waals surface area contributed by atoms with Gasteiger partial charge in [0.2, 0.25) is 0 Å². The van der Waals surface area contributed by atoms with Gasteiger partial charge >= 0.3 is 5.97 Å². The lowest BCUT2D eigenvalue weighted by Crippen LogP contribution is -2.29. The number of methoxy groups -OCH3 is 1. The first-order valence-electron chi connectivity index (χ1n) is 14.9. The first-order valence-corrected chi connectivity index (χ1v) is 14.9. The lowest BCUT2D eigenvalue weighted by atomic mass is 10.2. The van der Waals surface area contributed by atoms with Crippen LogP contribution >= 0.6 is 0 Å².